The standard InChI is InChI=1S/C18H13FO3/c1-21-16-4-2-3-12(10-16)9-14-11-17(22-18(14)20)13-5-7-15(19)8-6-13/h2-11H,1H3/b14-9+. The Kier molecular flexibility index (Phi) is 3.74. The Morgan fingerprint density at radius 1 is 1.14 bits per heavy atom. The van der Waals surface area contributed by atoms with Gasteiger partial charge in [-0.05, 0) is 54.1 Å². The molecule has 0 amide bonds. The molecule has 0 saturated heterocycles. The molecule has 3 nitrogen and oxygen atoms in total. The van der Waals surface area contributed by atoms with E-state index in [4.69, 9.17) is 9.47 Å². The fourth-order valence-electron chi connectivity index (χ4n) is 2.16. The molecule has 2 aromatic rings. The van der Waals surface area contributed by atoms with Gasteiger partial charge < -0.3 is 9.47 Å². The second-order valence-electron chi connectivity index (χ2n) is 4.78. The van der Waals surface area contributed by atoms with E-state index in [1.165, 1.54) is 12.1 Å². The van der Waals surface area contributed by atoms with E-state index in [1.54, 1.807) is 31.4 Å². The van der Waals surface area contributed by atoms with Gasteiger partial charge >= 0.3 is 5.97 Å². The van der Waals surface area contributed by atoms with E-state index in [1.807, 2.05) is 24.3 Å². The third kappa shape index (κ3) is 2.91. The topological polar surface area (TPSA) is 35.5 Å². The highest BCUT2D eigenvalue weighted by Gasteiger charge is 2.21. The summed E-state index contributed by atoms with van der Waals surface area (Å²) in [5.74, 6) is 0.366. The number of hydrogen-bond acceptors (Lipinski definition) is 3. The number of cyclic esters (lactones) is 1. The van der Waals surface area contributed by atoms with E-state index in [2.05, 4.69) is 0 Å². The van der Waals surface area contributed by atoms with Crippen molar-refractivity contribution >= 4 is 17.8 Å². The smallest absolute Gasteiger partial charge is 0.343 e. The molecule has 110 valence electrons. The van der Waals surface area contributed by atoms with Gasteiger partial charge in [-0.1, -0.05) is 12.1 Å². The first kappa shape index (κ1) is 14.1. The van der Waals surface area contributed by atoms with Gasteiger partial charge in [-0.15, -0.1) is 0 Å². The zero-order valence-electron chi connectivity index (χ0n) is 11.9. The molecule has 0 N–H and O–H groups in total. The van der Waals surface area contributed by atoms with E-state index in [9.17, 15) is 9.18 Å². The highest BCUT2D eigenvalue weighted by molar-refractivity contribution is 6.05. The third-order valence-electron chi connectivity index (χ3n) is 3.27. The lowest BCUT2D eigenvalue weighted by atomic mass is 10.1. The molecule has 0 saturated carbocycles. The Labute approximate surface area is 127 Å². The molecule has 1 heterocycles. The molecule has 0 aromatic heterocycles. The third-order valence-corrected chi connectivity index (χ3v) is 3.27. The molecule has 0 unspecified atom stereocenters. The van der Waals surface area contributed by atoms with Gasteiger partial charge in [-0.3, -0.25) is 0 Å². The molecule has 0 spiro atoms. The maximum absolute atomic E-state index is 12.9. The van der Waals surface area contributed by atoms with E-state index < -0.39 is 5.97 Å². The minimum atomic E-state index is -0.429. The Balaban J connectivity index is 1.92. The van der Waals surface area contributed by atoms with E-state index in [-0.39, 0.29) is 5.82 Å². The summed E-state index contributed by atoms with van der Waals surface area (Å²) in [5, 5.41) is 0. The number of hydrogen-bond donors (Lipinski definition) is 0. The molecule has 0 atom stereocenters. The van der Waals surface area contributed by atoms with Crippen LogP contribution in [0.15, 0.2) is 60.2 Å². The van der Waals surface area contributed by atoms with Gasteiger partial charge in [0, 0.05) is 5.56 Å². The van der Waals surface area contributed by atoms with Gasteiger partial charge in [-0.25, -0.2) is 9.18 Å². The summed E-state index contributed by atoms with van der Waals surface area (Å²) < 4.78 is 23.3. The highest BCUT2D eigenvalue weighted by Crippen LogP contribution is 2.28. The second kappa shape index (κ2) is 5.85. The number of carbonyl (C=O) groups is 1. The molecular weight excluding hydrogens is 283 g/mol. The van der Waals surface area contributed by atoms with Gasteiger partial charge in [-0.2, -0.15) is 0 Å². The summed E-state index contributed by atoms with van der Waals surface area (Å²) in [6, 6.07) is 13.2. The molecular formula is C18H13FO3. The van der Waals surface area contributed by atoms with Crippen molar-refractivity contribution in [2.75, 3.05) is 7.11 Å². The number of methoxy groups -OCH3 is 1. The van der Waals surface area contributed by atoms with E-state index in [0.29, 0.717) is 22.6 Å². The molecule has 0 radical (unpaired) electrons. The van der Waals surface area contributed by atoms with Crippen LogP contribution in [0.3, 0.4) is 0 Å². The number of benzene rings is 2. The summed E-state index contributed by atoms with van der Waals surface area (Å²) in [6.45, 7) is 0. The maximum Gasteiger partial charge on any atom is 0.343 e. The highest BCUT2D eigenvalue weighted by atomic mass is 19.1. The van der Waals surface area contributed by atoms with Crippen LogP contribution in [0.2, 0.25) is 0 Å². The van der Waals surface area contributed by atoms with Gasteiger partial charge in [0.2, 0.25) is 0 Å². The van der Waals surface area contributed by atoms with Crippen molar-refractivity contribution < 1.29 is 18.7 Å². The first-order valence-corrected chi connectivity index (χ1v) is 6.71. The van der Waals surface area contributed by atoms with E-state index in [0.717, 1.165) is 5.56 Å². The number of rotatable bonds is 3. The van der Waals surface area contributed by atoms with Gasteiger partial charge in [0.1, 0.15) is 17.3 Å². The lowest BCUT2D eigenvalue weighted by Gasteiger charge is -2.01. The van der Waals surface area contributed by atoms with Crippen molar-refractivity contribution in [2.24, 2.45) is 0 Å². The quantitative estimate of drug-likeness (QED) is 0.638. The summed E-state index contributed by atoms with van der Waals surface area (Å²) in [6.07, 6.45) is 3.37. The van der Waals surface area contributed by atoms with Crippen molar-refractivity contribution in [2.45, 2.75) is 0 Å². The van der Waals surface area contributed by atoms with Crippen LogP contribution in [0.25, 0.3) is 11.8 Å². The van der Waals surface area contributed by atoms with Crippen molar-refractivity contribution in [1.29, 1.82) is 0 Å². The summed E-state index contributed by atoms with van der Waals surface area (Å²) >= 11 is 0. The fourth-order valence-corrected chi connectivity index (χ4v) is 2.16. The minimum absolute atomic E-state index is 0.333. The second-order valence-corrected chi connectivity index (χ2v) is 4.78. The summed E-state index contributed by atoms with van der Waals surface area (Å²) in [5.41, 5.74) is 1.93. The fraction of sp³-hybridized carbons (Fsp3) is 0.0556. The normalized spacial score (nSPS) is 15.6. The monoisotopic (exact) mass is 296 g/mol. The number of halogens is 1. The van der Waals surface area contributed by atoms with Gasteiger partial charge in [0.25, 0.3) is 0 Å². The van der Waals surface area contributed by atoms with Crippen molar-refractivity contribution in [3.63, 3.8) is 0 Å². The number of ether oxygens (including phenoxy) is 2. The molecule has 4 heteroatoms. The largest absolute Gasteiger partial charge is 0.497 e. The van der Waals surface area contributed by atoms with Crippen LogP contribution in [0, 0.1) is 5.82 Å². The molecule has 0 aliphatic carbocycles. The molecule has 0 fully saturated rings. The molecule has 22 heavy (non-hydrogen) atoms. The zero-order chi connectivity index (χ0) is 15.5. The Hall–Kier alpha value is -2.88. The van der Waals surface area contributed by atoms with Crippen LogP contribution in [-0.4, -0.2) is 13.1 Å². The van der Waals surface area contributed by atoms with Gasteiger partial charge in [0.15, 0.2) is 0 Å². The molecule has 3 rings (SSSR count). The zero-order valence-corrected chi connectivity index (χ0v) is 11.9. The number of esters is 1. The number of carbonyl (C=O) groups excluding carboxylic acids is 1. The Morgan fingerprint density at radius 2 is 1.91 bits per heavy atom. The average molecular weight is 296 g/mol. The average Bonchev–Trinajstić information content (AvgIpc) is 2.89. The molecule has 1 aliphatic rings. The van der Waals surface area contributed by atoms with Crippen LogP contribution < -0.4 is 4.74 Å². The predicted molar refractivity (Wildman–Crippen MR) is 81.4 cm³/mol. The van der Waals surface area contributed by atoms with Crippen molar-refractivity contribution in [1.82, 2.24) is 0 Å². The van der Waals surface area contributed by atoms with Crippen LogP contribution in [-0.2, 0) is 9.53 Å². The van der Waals surface area contributed by atoms with Crippen LogP contribution in [0.1, 0.15) is 11.1 Å². The van der Waals surface area contributed by atoms with Crippen molar-refractivity contribution in [3.05, 3.63) is 77.1 Å². The summed E-state index contributed by atoms with van der Waals surface area (Å²) in [4.78, 5) is 11.9. The van der Waals surface area contributed by atoms with Gasteiger partial charge in [0.05, 0.1) is 12.7 Å². The Morgan fingerprint density at radius 3 is 2.64 bits per heavy atom. The first-order valence-electron chi connectivity index (χ1n) is 6.71. The maximum atomic E-state index is 12.9. The first-order chi connectivity index (χ1) is 10.7. The van der Waals surface area contributed by atoms with Crippen LogP contribution in [0.5, 0.6) is 5.75 Å². The lowest BCUT2D eigenvalue weighted by Crippen LogP contribution is -1.97. The minimum Gasteiger partial charge on any atom is -0.497 e. The van der Waals surface area contributed by atoms with Crippen molar-refractivity contribution in [3.8, 4) is 5.75 Å². The Bertz CT molecular complexity index is 773. The summed E-state index contributed by atoms with van der Waals surface area (Å²) in [7, 11) is 1.59. The predicted octanol–water partition coefficient (Wildman–Crippen LogP) is 3.82. The van der Waals surface area contributed by atoms with Crippen LogP contribution >= 0.6 is 0 Å². The molecule has 1 aliphatic heterocycles. The van der Waals surface area contributed by atoms with E-state index >= 15 is 0 Å². The molecule has 0 bridgehead atoms. The SMILES string of the molecule is COc1cccc(/C=C2\C=C(c3ccc(F)cc3)OC2=O)c1. The lowest BCUT2D eigenvalue weighted by molar-refractivity contribution is -0.130. The molecule has 2 aromatic carbocycles. The van der Waals surface area contributed by atoms with Crippen LogP contribution in [0.4, 0.5) is 4.39 Å².